The zero-order valence-electron chi connectivity index (χ0n) is 8.01. The van der Waals surface area contributed by atoms with Gasteiger partial charge in [-0.2, -0.15) is 0 Å². The van der Waals surface area contributed by atoms with Gasteiger partial charge in [-0.25, -0.2) is 0 Å². The summed E-state index contributed by atoms with van der Waals surface area (Å²) in [7, 11) is 0. The Balaban J connectivity index is 2.00. The number of hydrogen-bond acceptors (Lipinski definition) is 4. The van der Waals surface area contributed by atoms with Crippen LogP contribution in [-0.2, 0) is 14.3 Å². The van der Waals surface area contributed by atoms with Gasteiger partial charge < -0.3 is 9.47 Å². The molecule has 0 radical (unpaired) electrons. The molecule has 1 saturated heterocycles. The van der Waals surface area contributed by atoms with E-state index in [1.807, 2.05) is 18.2 Å². The van der Waals surface area contributed by atoms with Crippen molar-refractivity contribution in [3.05, 3.63) is 30.3 Å². The minimum absolute atomic E-state index is 0.126. The molecule has 1 aromatic rings. The molecule has 0 saturated carbocycles. The molecule has 0 aliphatic carbocycles. The molecule has 1 aliphatic rings. The van der Waals surface area contributed by atoms with Crippen LogP contribution in [0.4, 0.5) is 0 Å². The highest BCUT2D eigenvalue weighted by atomic mass is 16.6. The first-order chi connectivity index (χ1) is 7.24. The minimum Gasteiger partial charge on any atom is -0.489 e. The van der Waals surface area contributed by atoms with E-state index in [4.69, 9.17) is 4.74 Å². The van der Waals surface area contributed by atoms with Crippen molar-refractivity contribution < 1.29 is 19.1 Å². The van der Waals surface area contributed by atoms with E-state index in [1.54, 1.807) is 12.1 Å². The molecule has 0 bridgehead atoms. The Kier molecular flexibility index (Phi) is 2.67. The number of esters is 2. The molecule has 0 amide bonds. The molecule has 2 rings (SSSR count). The van der Waals surface area contributed by atoms with Gasteiger partial charge in [-0.3, -0.25) is 9.59 Å². The number of carbonyl (C=O) groups is 2. The van der Waals surface area contributed by atoms with E-state index in [2.05, 4.69) is 4.74 Å². The van der Waals surface area contributed by atoms with Crippen LogP contribution in [0.5, 0.6) is 5.75 Å². The number of hydrogen-bond donors (Lipinski definition) is 0. The average Bonchev–Trinajstić information content (AvgIpc) is 2.17. The Morgan fingerprint density at radius 1 is 1.07 bits per heavy atom. The summed E-state index contributed by atoms with van der Waals surface area (Å²) in [5, 5.41) is 0. The largest absolute Gasteiger partial charge is 0.489 e. The Labute approximate surface area is 86.8 Å². The number of carbonyl (C=O) groups excluding carboxylic acids is 2. The Hall–Kier alpha value is -1.84. The van der Waals surface area contributed by atoms with Gasteiger partial charge in [0.2, 0.25) is 0 Å². The van der Waals surface area contributed by atoms with Crippen LogP contribution in [0.2, 0.25) is 0 Å². The smallest absolute Gasteiger partial charge is 0.317 e. The third kappa shape index (κ3) is 2.56. The summed E-state index contributed by atoms with van der Waals surface area (Å²) in [6.45, 7) is 0. The lowest BCUT2D eigenvalue weighted by Gasteiger charge is -2.20. The van der Waals surface area contributed by atoms with Gasteiger partial charge in [0.05, 0.1) is 12.8 Å². The van der Waals surface area contributed by atoms with Gasteiger partial charge in [-0.1, -0.05) is 18.2 Å². The molecule has 4 heteroatoms. The van der Waals surface area contributed by atoms with Crippen LogP contribution in [0.15, 0.2) is 30.3 Å². The molecule has 1 aromatic carbocycles. The lowest BCUT2D eigenvalue weighted by molar-refractivity contribution is -0.166. The number of ether oxygens (including phenoxy) is 2. The zero-order valence-corrected chi connectivity index (χ0v) is 8.01. The molecule has 0 spiro atoms. The van der Waals surface area contributed by atoms with Crippen LogP contribution >= 0.6 is 0 Å². The predicted octanol–water partition coefficient (Wildman–Crippen LogP) is 1.30. The van der Waals surface area contributed by atoms with E-state index in [9.17, 15) is 9.59 Å². The molecular weight excluding hydrogens is 196 g/mol. The lowest BCUT2D eigenvalue weighted by atomic mass is 10.1. The summed E-state index contributed by atoms with van der Waals surface area (Å²) in [5.41, 5.74) is 0. The maximum absolute atomic E-state index is 11.0. The van der Waals surface area contributed by atoms with Crippen LogP contribution in [0.1, 0.15) is 12.8 Å². The highest BCUT2D eigenvalue weighted by Gasteiger charge is 2.28. The summed E-state index contributed by atoms with van der Waals surface area (Å²) in [6, 6.07) is 9.10. The van der Waals surface area contributed by atoms with E-state index in [0.717, 1.165) is 0 Å². The number of rotatable bonds is 2. The van der Waals surface area contributed by atoms with Gasteiger partial charge in [-0.05, 0) is 12.1 Å². The third-order valence-corrected chi connectivity index (χ3v) is 2.06. The maximum Gasteiger partial charge on any atom is 0.317 e. The van der Waals surface area contributed by atoms with Crippen molar-refractivity contribution >= 4 is 11.9 Å². The summed E-state index contributed by atoms with van der Waals surface area (Å²) in [6.07, 6.45) is -0.150. The molecule has 15 heavy (non-hydrogen) atoms. The van der Waals surface area contributed by atoms with Crippen LogP contribution < -0.4 is 4.74 Å². The zero-order chi connectivity index (χ0) is 10.7. The van der Waals surface area contributed by atoms with Crippen LogP contribution in [0, 0.1) is 0 Å². The summed E-state index contributed by atoms with van der Waals surface area (Å²) >= 11 is 0. The third-order valence-electron chi connectivity index (χ3n) is 2.06. The van der Waals surface area contributed by atoms with Crippen molar-refractivity contribution in [2.45, 2.75) is 18.9 Å². The second-order valence-corrected chi connectivity index (χ2v) is 3.31. The monoisotopic (exact) mass is 206 g/mol. The van der Waals surface area contributed by atoms with Crippen LogP contribution in [0.3, 0.4) is 0 Å². The number of cyclic esters (lactones) is 2. The topological polar surface area (TPSA) is 52.6 Å². The second-order valence-electron chi connectivity index (χ2n) is 3.31. The van der Waals surface area contributed by atoms with Gasteiger partial charge in [-0.15, -0.1) is 0 Å². The minimum atomic E-state index is -0.521. The van der Waals surface area contributed by atoms with Crippen molar-refractivity contribution in [3.8, 4) is 5.75 Å². The van der Waals surface area contributed by atoms with Crippen molar-refractivity contribution in [1.29, 1.82) is 0 Å². The van der Waals surface area contributed by atoms with Crippen molar-refractivity contribution in [2.75, 3.05) is 0 Å². The Morgan fingerprint density at radius 2 is 1.67 bits per heavy atom. The molecule has 0 aromatic heterocycles. The van der Waals surface area contributed by atoms with Crippen molar-refractivity contribution in [2.24, 2.45) is 0 Å². The van der Waals surface area contributed by atoms with E-state index in [0.29, 0.717) is 5.75 Å². The first-order valence-electron chi connectivity index (χ1n) is 4.69. The fraction of sp³-hybridized carbons (Fsp3) is 0.273. The molecule has 1 heterocycles. The van der Waals surface area contributed by atoms with Crippen molar-refractivity contribution in [3.63, 3.8) is 0 Å². The summed E-state index contributed by atoms with van der Waals surface area (Å²) < 4.78 is 9.87. The van der Waals surface area contributed by atoms with E-state index >= 15 is 0 Å². The van der Waals surface area contributed by atoms with Crippen LogP contribution in [-0.4, -0.2) is 18.0 Å². The normalized spacial score (nSPS) is 17.3. The van der Waals surface area contributed by atoms with Gasteiger partial charge in [0.25, 0.3) is 0 Å². The molecule has 1 fully saturated rings. The fourth-order valence-electron chi connectivity index (χ4n) is 1.43. The quantitative estimate of drug-likeness (QED) is 0.540. The lowest BCUT2D eigenvalue weighted by Crippen LogP contribution is -2.32. The van der Waals surface area contributed by atoms with Gasteiger partial charge in [0.15, 0.2) is 0 Å². The molecule has 0 N–H and O–H groups in total. The maximum atomic E-state index is 11.0. The number of benzene rings is 1. The van der Waals surface area contributed by atoms with E-state index in [-0.39, 0.29) is 12.8 Å². The first kappa shape index (κ1) is 9.71. The van der Waals surface area contributed by atoms with Gasteiger partial charge in [0, 0.05) is 0 Å². The molecule has 0 atom stereocenters. The highest BCUT2D eigenvalue weighted by molar-refractivity contribution is 5.88. The SMILES string of the molecule is O=C1CC(Oc2ccccc2)CC(=O)O1. The molecule has 0 unspecified atom stereocenters. The van der Waals surface area contributed by atoms with E-state index < -0.39 is 18.0 Å². The van der Waals surface area contributed by atoms with Gasteiger partial charge in [0.1, 0.15) is 11.9 Å². The molecule has 4 nitrogen and oxygen atoms in total. The molecule has 1 aliphatic heterocycles. The highest BCUT2D eigenvalue weighted by Crippen LogP contribution is 2.18. The summed E-state index contributed by atoms with van der Waals surface area (Å²) in [5.74, 6) is -0.385. The predicted molar refractivity (Wildman–Crippen MR) is 51.2 cm³/mol. The number of para-hydroxylation sites is 1. The molecular formula is C11H10O4. The summed E-state index contributed by atoms with van der Waals surface area (Å²) in [4.78, 5) is 21.9. The average molecular weight is 206 g/mol. The first-order valence-corrected chi connectivity index (χ1v) is 4.69. The van der Waals surface area contributed by atoms with E-state index in [1.165, 1.54) is 0 Å². The second kappa shape index (κ2) is 4.13. The van der Waals surface area contributed by atoms with Crippen molar-refractivity contribution in [1.82, 2.24) is 0 Å². The molecule has 78 valence electrons. The van der Waals surface area contributed by atoms with Crippen LogP contribution in [0.25, 0.3) is 0 Å². The fourth-order valence-corrected chi connectivity index (χ4v) is 1.43. The Bertz CT molecular complexity index is 355. The van der Waals surface area contributed by atoms with Gasteiger partial charge >= 0.3 is 11.9 Å². The standard InChI is InChI=1S/C11H10O4/c12-10-6-9(7-11(13)15-10)14-8-4-2-1-3-5-8/h1-5,9H,6-7H2. The Morgan fingerprint density at radius 3 is 2.27 bits per heavy atom.